The van der Waals surface area contributed by atoms with Crippen molar-refractivity contribution in [1.29, 1.82) is 0 Å². The molecule has 1 fully saturated rings. The van der Waals surface area contributed by atoms with Crippen LogP contribution in [0.5, 0.6) is 0 Å². The standard InChI is InChI=1S/C17H19N5O3S/c1-13(26-15-5-3-14(4-6-15)22(24)25)16(23)20-9-11-21(12-10-20)17-18-7-2-8-19-17/h2-8,13H,9-12H2,1H3. The van der Waals surface area contributed by atoms with Gasteiger partial charge in [0.15, 0.2) is 0 Å². The predicted octanol–water partition coefficient (Wildman–Crippen LogP) is 2.21. The van der Waals surface area contributed by atoms with Crippen LogP contribution in [0, 0.1) is 10.1 Å². The molecule has 136 valence electrons. The molecular formula is C17H19N5O3S. The Kier molecular flexibility index (Phi) is 5.67. The Labute approximate surface area is 155 Å². The first-order valence-corrected chi connectivity index (χ1v) is 9.14. The van der Waals surface area contributed by atoms with Gasteiger partial charge in [-0.1, -0.05) is 0 Å². The molecule has 3 rings (SSSR count). The number of anilines is 1. The number of non-ortho nitro benzene ring substituents is 1. The van der Waals surface area contributed by atoms with Gasteiger partial charge < -0.3 is 9.80 Å². The number of hydrogen-bond acceptors (Lipinski definition) is 7. The SMILES string of the molecule is CC(Sc1ccc([N+](=O)[O-])cc1)C(=O)N1CCN(c2ncccn2)CC1. The third kappa shape index (κ3) is 4.29. The maximum Gasteiger partial charge on any atom is 0.269 e. The Hall–Kier alpha value is -2.68. The number of carbonyl (C=O) groups is 1. The van der Waals surface area contributed by atoms with E-state index in [0.717, 1.165) is 4.90 Å². The quantitative estimate of drug-likeness (QED) is 0.451. The summed E-state index contributed by atoms with van der Waals surface area (Å²) in [4.78, 5) is 36.2. The van der Waals surface area contributed by atoms with E-state index < -0.39 is 4.92 Å². The van der Waals surface area contributed by atoms with Gasteiger partial charge in [0.1, 0.15) is 0 Å². The lowest BCUT2D eigenvalue weighted by atomic mass is 10.3. The molecule has 1 aliphatic heterocycles. The molecule has 1 aromatic carbocycles. The summed E-state index contributed by atoms with van der Waals surface area (Å²) in [6.07, 6.45) is 3.42. The summed E-state index contributed by atoms with van der Waals surface area (Å²) in [5.74, 6) is 0.759. The van der Waals surface area contributed by atoms with Crippen molar-refractivity contribution in [3.05, 3.63) is 52.8 Å². The zero-order valence-electron chi connectivity index (χ0n) is 14.3. The summed E-state index contributed by atoms with van der Waals surface area (Å²) in [6, 6.07) is 8.05. The molecule has 0 radical (unpaired) electrons. The summed E-state index contributed by atoms with van der Waals surface area (Å²) in [5, 5.41) is 10.4. The first-order chi connectivity index (χ1) is 12.5. The fourth-order valence-corrected chi connectivity index (χ4v) is 3.69. The van der Waals surface area contributed by atoms with E-state index in [-0.39, 0.29) is 16.8 Å². The number of piperazine rings is 1. The number of thioether (sulfide) groups is 1. The first kappa shape index (κ1) is 18.1. The second kappa shape index (κ2) is 8.13. The van der Waals surface area contributed by atoms with E-state index in [1.165, 1.54) is 23.9 Å². The summed E-state index contributed by atoms with van der Waals surface area (Å²) >= 11 is 1.41. The molecule has 1 amide bonds. The van der Waals surface area contributed by atoms with E-state index in [1.54, 1.807) is 30.6 Å². The van der Waals surface area contributed by atoms with Gasteiger partial charge in [-0.2, -0.15) is 0 Å². The first-order valence-electron chi connectivity index (χ1n) is 8.26. The molecule has 1 unspecified atom stereocenters. The van der Waals surface area contributed by atoms with Gasteiger partial charge in [-0.15, -0.1) is 11.8 Å². The smallest absolute Gasteiger partial charge is 0.269 e. The number of nitro groups is 1. The number of benzene rings is 1. The van der Waals surface area contributed by atoms with Crippen LogP contribution in [0.1, 0.15) is 6.92 Å². The van der Waals surface area contributed by atoms with Crippen molar-refractivity contribution in [2.24, 2.45) is 0 Å². The molecular weight excluding hydrogens is 354 g/mol. The van der Waals surface area contributed by atoms with E-state index in [0.29, 0.717) is 32.1 Å². The maximum absolute atomic E-state index is 12.7. The average molecular weight is 373 g/mol. The summed E-state index contributed by atoms with van der Waals surface area (Å²) in [6.45, 7) is 4.51. The molecule has 0 bridgehead atoms. The highest BCUT2D eigenvalue weighted by molar-refractivity contribution is 8.00. The van der Waals surface area contributed by atoms with Gasteiger partial charge in [0.25, 0.3) is 5.69 Å². The number of rotatable bonds is 5. The molecule has 2 heterocycles. The maximum atomic E-state index is 12.7. The summed E-state index contributed by atoms with van der Waals surface area (Å²) in [5.41, 5.74) is 0.0487. The van der Waals surface area contributed by atoms with Crippen molar-refractivity contribution in [3.63, 3.8) is 0 Å². The van der Waals surface area contributed by atoms with E-state index in [9.17, 15) is 14.9 Å². The lowest BCUT2D eigenvalue weighted by molar-refractivity contribution is -0.384. The molecule has 1 aromatic heterocycles. The Morgan fingerprint density at radius 2 is 1.77 bits per heavy atom. The molecule has 1 atom stereocenters. The molecule has 26 heavy (non-hydrogen) atoms. The third-order valence-electron chi connectivity index (χ3n) is 4.13. The molecule has 0 spiro atoms. The summed E-state index contributed by atoms with van der Waals surface area (Å²) < 4.78 is 0. The van der Waals surface area contributed by atoms with Gasteiger partial charge in [0, 0.05) is 55.6 Å². The average Bonchev–Trinajstić information content (AvgIpc) is 2.68. The summed E-state index contributed by atoms with van der Waals surface area (Å²) in [7, 11) is 0. The molecule has 0 aliphatic carbocycles. The number of nitro benzene ring substituents is 1. The van der Waals surface area contributed by atoms with Gasteiger partial charge in [-0.3, -0.25) is 14.9 Å². The zero-order valence-corrected chi connectivity index (χ0v) is 15.1. The number of aromatic nitrogens is 2. The van der Waals surface area contributed by atoms with Gasteiger partial charge >= 0.3 is 0 Å². The van der Waals surface area contributed by atoms with Crippen LogP contribution < -0.4 is 4.90 Å². The highest BCUT2D eigenvalue weighted by Crippen LogP contribution is 2.26. The second-order valence-corrected chi connectivity index (χ2v) is 7.29. The Morgan fingerprint density at radius 3 is 2.35 bits per heavy atom. The van der Waals surface area contributed by atoms with Crippen LogP contribution in [0.4, 0.5) is 11.6 Å². The molecule has 9 heteroatoms. The van der Waals surface area contributed by atoms with Crippen molar-refractivity contribution < 1.29 is 9.72 Å². The minimum absolute atomic E-state index is 0.0487. The minimum Gasteiger partial charge on any atom is -0.338 e. The minimum atomic E-state index is -0.432. The largest absolute Gasteiger partial charge is 0.338 e. The van der Waals surface area contributed by atoms with Crippen LogP contribution in [0.2, 0.25) is 0 Å². The number of hydrogen-bond donors (Lipinski definition) is 0. The zero-order chi connectivity index (χ0) is 18.5. The van der Waals surface area contributed by atoms with E-state index in [4.69, 9.17) is 0 Å². The number of carbonyl (C=O) groups excluding carboxylic acids is 1. The van der Waals surface area contributed by atoms with Gasteiger partial charge in [0.2, 0.25) is 11.9 Å². The van der Waals surface area contributed by atoms with Crippen LogP contribution in [0.15, 0.2) is 47.6 Å². The van der Waals surface area contributed by atoms with Crippen LogP contribution in [-0.2, 0) is 4.79 Å². The van der Waals surface area contributed by atoms with E-state index in [1.807, 2.05) is 11.8 Å². The third-order valence-corrected chi connectivity index (χ3v) is 5.23. The fourth-order valence-electron chi connectivity index (χ4n) is 2.74. The fraction of sp³-hybridized carbons (Fsp3) is 0.353. The monoisotopic (exact) mass is 373 g/mol. The second-order valence-electron chi connectivity index (χ2n) is 5.87. The Bertz CT molecular complexity index is 764. The molecule has 1 aliphatic rings. The van der Waals surface area contributed by atoms with Crippen LogP contribution in [0.25, 0.3) is 0 Å². The van der Waals surface area contributed by atoms with Crippen molar-refractivity contribution in [2.75, 3.05) is 31.1 Å². The molecule has 2 aromatic rings. The van der Waals surface area contributed by atoms with Crippen molar-refractivity contribution in [1.82, 2.24) is 14.9 Å². The Balaban J connectivity index is 1.53. The molecule has 1 saturated heterocycles. The highest BCUT2D eigenvalue weighted by atomic mass is 32.2. The van der Waals surface area contributed by atoms with Crippen LogP contribution in [-0.4, -0.2) is 57.1 Å². The van der Waals surface area contributed by atoms with Gasteiger partial charge in [0.05, 0.1) is 10.2 Å². The number of amides is 1. The van der Waals surface area contributed by atoms with E-state index in [2.05, 4.69) is 14.9 Å². The van der Waals surface area contributed by atoms with Crippen LogP contribution >= 0.6 is 11.8 Å². The van der Waals surface area contributed by atoms with Crippen LogP contribution in [0.3, 0.4) is 0 Å². The van der Waals surface area contributed by atoms with Crippen molar-refractivity contribution in [2.45, 2.75) is 17.1 Å². The van der Waals surface area contributed by atoms with E-state index >= 15 is 0 Å². The molecule has 0 saturated carbocycles. The topological polar surface area (TPSA) is 92.5 Å². The predicted molar refractivity (Wildman–Crippen MR) is 99.2 cm³/mol. The Morgan fingerprint density at radius 1 is 1.15 bits per heavy atom. The van der Waals surface area contributed by atoms with Gasteiger partial charge in [-0.05, 0) is 25.1 Å². The number of nitrogens with zero attached hydrogens (tertiary/aromatic N) is 5. The normalized spacial score (nSPS) is 15.6. The highest BCUT2D eigenvalue weighted by Gasteiger charge is 2.26. The molecule has 8 nitrogen and oxygen atoms in total. The van der Waals surface area contributed by atoms with Crippen molar-refractivity contribution in [3.8, 4) is 0 Å². The lowest BCUT2D eigenvalue weighted by Crippen LogP contribution is -2.51. The lowest BCUT2D eigenvalue weighted by Gasteiger charge is -2.35. The van der Waals surface area contributed by atoms with Gasteiger partial charge in [-0.25, -0.2) is 9.97 Å². The van der Waals surface area contributed by atoms with Crippen molar-refractivity contribution >= 4 is 29.3 Å². The molecule has 0 N–H and O–H groups in total.